The number of esters is 1. The highest BCUT2D eigenvalue weighted by Crippen LogP contribution is 2.40. The second kappa shape index (κ2) is 7.67. The number of carbonyl (C=O) groups is 2. The largest absolute Gasteiger partial charge is 0.465 e. The van der Waals surface area contributed by atoms with E-state index in [1.165, 1.54) is 24.0 Å². The molecule has 1 amide bonds. The van der Waals surface area contributed by atoms with Gasteiger partial charge in [0.05, 0.1) is 12.7 Å². The zero-order valence-corrected chi connectivity index (χ0v) is 18.0. The molecule has 1 aliphatic carbocycles. The second-order valence-corrected chi connectivity index (χ2v) is 8.85. The van der Waals surface area contributed by atoms with E-state index >= 15 is 0 Å². The molecule has 4 rings (SSSR count). The number of thiophene rings is 1. The first-order valence-corrected chi connectivity index (χ1v) is 10.8. The Kier molecular flexibility index (Phi) is 5.21. The van der Waals surface area contributed by atoms with Crippen LogP contribution in [0.1, 0.15) is 62.7 Å². The van der Waals surface area contributed by atoms with Crippen LogP contribution in [-0.2, 0) is 24.0 Å². The number of hydrogen-bond donors (Lipinski definition) is 1. The Morgan fingerprint density at radius 2 is 2.14 bits per heavy atom. The molecule has 2 aromatic heterocycles. The van der Waals surface area contributed by atoms with Crippen molar-refractivity contribution in [2.45, 2.75) is 46.5 Å². The summed E-state index contributed by atoms with van der Waals surface area (Å²) < 4.78 is 10.9. The molecule has 3 aromatic rings. The number of ether oxygens (including phenoxy) is 1. The lowest BCUT2D eigenvalue weighted by Gasteiger charge is -2.18. The van der Waals surface area contributed by atoms with Gasteiger partial charge in [-0.25, -0.2) is 4.79 Å². The highest BCUT2D eigenvalue weighted by Gasteiger charge is 2.30. The summed E-state index contributed by atoms with van der Waals surface area (Å²) in [5.41, 5.74) is 4.21. The van der Waals surface area contributed by atoms with Crippen LogP contribution in [0, 0.1) is 12.8 Å². The fourth-order valence-corrected chi connectivity index (χ4v) is 5.42. The predicted molar refractivity (Wildman–Crippen MR) is 115 cm³/mol. The molecule has 0 radical (unpaired) electrons. The van der Waals surface area contributed by atoms with Crippen LogP contribution in [0.5, 0.6) is 0 Å². The van der Waals surface area contributed by atoms with E-state index in [-0.39, 0.29) is 11.7 Å². The number of benzene rings is 1. The summed E-state index contributed by atoms with van der Waals surface area (Å²) in [7, 11) is 1.37. The fourth-order valence-electron chi connectivity index (χ4n) is 4.02. The molecular weight excluding hydrogens is 386 g/mol. The average Bonchev–Trinajstić information content (AvgIpc) is 3.23. The summed E-state index contributed by atoms with van der Waals surface area (Å²) >= 11 is 1.48. The lowest BCUT2D eigenvalue weighted by atomic mass is 9.88. The fraction of sp³-hybridized carbons (Fsp3) is 0.391. The van der Waals surface area contributed by atoms with Gasteiger partial charge in [-0.2, -0.15) is 0 Å². The van der Waals surface area contributed by atoms with E-state index < -0.39 is 5.97 Å². The van der Waals surface area contributed by atoms with Gasteiger partial charge in [0.2, 0.25) is 0 Å². The summed E-state index contributed by atoms with van der Waals surface area (Å²) in [6.07, 6.45) is 3.70. The van der Waals surface area contributed by atoms with E-state index in [2.05, 4.69) is 25.2 Å². The Hall–Kier alpha value is -2.60. The Bertz CT molecular complexity index is 1110. The van der Waals surface area contributed by atoms with Crippen LogP contribution >= 0.6 is 11.3 Å². The van der Waals surface area contributed by atoms with Crippen molar-refractivity contribution in [1.29, 1.82) is 0 Å². The van der Waals surface area contributed by atoms with Crippen molar-refractivity contribution < 1.29 is 18.7 Å². The van der Waals surface area contributed by atoms with Crippen LogP contribution < -0.4 is 5.32 Å². The van der Waals surface area contributed by atoms with E-state index in [0.717, 1.165) is 47.1 Å². The standard InChI is InChI=1S/C23H25NO4S/c1-5-14-7-9-17-16(11-14)13(3)20(28-17)21(25)24-22-19(23(26)27-4)15-8-6-12(2)10-18(15)29-22/h7,9,11-12H,5-6,8,10H2,1-4H3,(H,24,25). The molecule has 0 fully saturated rings. The average molecular weight is 412 g/mol. The molecule has 1 aromatic carbocycles. The van der Waals surface area contributed by atoms with E-state index in [0.29, 0.717) is 22.1 Å². The highest BCUT2D eigenvalue weighted by molar-refractivity contribution is 7.17. The molecule has 29 heavy (non-hydrogen) atoms. The molecule has 0 saturated carbocycles. The monoisotopic (exact) mass is 411 g/mol. The summed E-state index contributed by atoms with van der Waals surface area (Å²) in [6, 6.07) is 5.98. The maximum absolute atomic E-state index is 13.0. The number of rotatable bonds is 4. The first-order chi connectivity index (χ1) is 13.9. The SMILES string of the molecule is CCc1ccc2oc(C(=O)Nc3sc4c(c3C(=O)OC)CCC(C)C4)c(C)c2c1. The van der Waals surface area contributed by atoms with Crippen LogP contribution in [0.3, 0.4) is 0 Å². The van der Waals surface area contributed by atoms with Crippen molar-refractivity contribution in [2.24, 2.45) is 5.92 Å². The number of nitrogens with one attached hydrogen (secondary N) is 1. The van der Waals surface area contributed by atoms with E-state index in [1.54, 1.807) is 0 Å². The van der Waals surface area contributed by atoms with E-state index in [1.807, 2.05) is 19.1 Å². The lowest BCUT2D eigenvalue weighted by Crippen LogP contribution is -2.16. The smallest absolute Gasteiger partial charge is 0.341 e. The maximum atomic E-state index is 13.0. The molecule has 1 N–H and O–H groups in total. The van der Waals surface area contributed by atoms with Gasteiger partial charge in [-0.3, -0.25) is 4.79 Å². The number of carbonyl (C=O) groups excluding carboxylic acids is 2. The van der Waals surface area contributed by atoms with Gasteiger partial charge < -0.3 is 14.5 Å². The van der Waals surface area contributed by atoms with Crippen molar-refractivity contribution in [3.63, 3.8) is 0 Å². The molecule has 0 aliphatic heterocycles. The number of furan rings is 1. The van der Waals surface area contributed by atoms with Crippen molar-refractivity contribution in [2.75, 3.05) is 12.4 Å². The molecule has 1 atom stereocenters. The molecule has 1 aliphatic rings. The molecule has 1 unspecified atom stereocenters. The molecule has 0 bridgehead atoms. The van der Waals surface area contributed by atoms with Gasteiger partial charge in [0, 0.05) is 15.8 Å². The molecule has 2 heterocycles. The Balaban J connectivity index is 1.71. The van der Waals surface area contributed by atoms with Crippen LogP contribution in [0.2, 0.25) is 0 Å². The van der Waals surface area contributed by atoms with E-state index in [4.69, 9.17) is 9.15 Å². The Morgan fingerprint density at radius 1 is 1.34 bits per heavy atom. The van der Waals surface area contributed by atoms with Crippen molar-refractivity contribution in [1.82, 2.24) is 0 Å². The van der Waals surface area contributed by atoms with Crippen molar-refractivity contribution in [3.05, 3.63) is 51.1 Å². The topological polar surface area (TPSA) is 68.5 Å². The van der Waals surface area contributed by atoms with Gasteiger partial charge in [0.15, 0.2) is 5.76 Å². The minimum atomic E-state index is -0.402. The number of anilines is 1. The van der Waals surface area contributed by atoms with Crippen LogP contribution in [-0.4, -0.2) is 19.0 Å². The number of aryl methyl sites for hydroxylation is 2. The quantitative estimate of drug-likeness (QED) is 0.573. The van der Waals surface area contributed by atoms with Gasteiger partial charge in [0.1, 0.15) is 10.6 Å². The Morgan fingerprint density at radius 3 is 2.86 bits per heavy atom. The first-order valence-electron chi connectivity index (χ1n) is 9.99. The third-order valence-corrected chi connectivity index (χ3v) is 6.91. The number of hydrogen-bond acceptors (Lipinski definition) is 5. The summed E-state index contributed by atoms with van der Waals surface area (Å²) in [5, 5.41) is 4.43. The van der Waals surface area contributed by atoms with Gasteiger partial charge in [-0.1, -0.05) is 19.9 Å². The summed E-state index contributed by atoms with van der Waals surface area (Å²) in [5.74, 6) is 0.110. The van der Waals surface area contributed by atoms with Crippen molar-refractivity contribution >= 4 is 39.2 Å². The minimum absolute atomic E-state index is 0.281. The second-order valence-electron chi connectivity index (χ2n) is 7.74. The zero-order chi connectivity index (χ0) is 20.7. The number of amides is 1. The molecule has 0 saturated heterocycles. The highest BCUT2D eigenvalue weighted by atomic mass is 32.1. The lowest BCUT2D eigenvalue weighted by molar-refractivity contribution is 0.0601. The maximum Gasteiger partial charge on any atom is 0.341 e. The third kappa shape index (κ3) is 3.46. The summed E-state index contributed by atoms with van der Waals surface area (Å²) in [6.45, 7) is 6.20. The van der Waals surface area contributed by atoms with Crippen molar-refractivity contribution in [3.8, 4) is 0 Å². The van der Waals surface area contributed by atoms with Gasteiger partial charge in [0.25, 0.3) is 5.91 Å². The van der Waals surface area contributed by atoms with Gasteiger partial charge in [-0.15, -0.1) is 11.3 Å². The van der Waals surface area contributed by atoms with Gasteiger partial charge in [-0.05, 0) is 61.8 Å². The van der Waals surface area contributed by atoms with Gasteiger partial charge >= 0.3 is 5.97 Å². The zero-order valence-electron chi connectivity index (χ0n) is 17.2. The van der Waals surface area contributed by atoms with Crippen LogP contribution in [0.15, 0.2) is 22.6 Å². The predicted octanol–water partition coefficient (Wildman–Crippen LogP) is 5.53. The molecule has 0 spiro atoms. The van der Waals surface area contributed by atoms with E-state index in [9.17, 15) is 9.59 Å². The first kappa shape index (κ1) is 19.7. The minimum Gasteiger partial charge on any atom is -0.465 e. The normalized spacial score (nSPS) is 15.9. The number of methoxy groups -OCH3 is 1. The van der Waals surface area contributed by atoms with Crippen LogP contribution in [0.4, 0.5) is 5.00 Å². The molecule has 152 valence electrons. The Labute approximate surface area is 174 Å². The molecule has 6 heteroatoms. The summed E-state index contributed by atoms with van der Waals surface area (Å²) in [4.78, 5) is 26.7. The van der Waals surface area contributed by atoms with Crippen LogP contribution in [0.25, 0.3) is 11.0 Å². The molecule has 5 nitrogen and oxygen atoms in total. The molecular formula is C23H25NO4S. The number of fused-ring (bicyclic) bond motifs is 2. The third-order valence-electron chi connectivity index (χ3n) is 5.74.